The van der Waals surface area contributed by atoms with Gasteiger partial charge in [-0.25, -0.2) is 30.9 Å². The van der Waals surface area contributed by atoms with Gasteiger partial charge in [-0.2, -0.15) is 23.4 Å². The van der Waals surface area contributed by atoms with E-state index in [-0.39, 0.29) is 12.1 Å². The summed E-state index contributed by atoms with van der Waals surface area (Å²) in [6, 6.07) is 2.98. The van der Waals surface area contributed by atoms with Crippen LogP contribution in [0.4, 0.5) is 22.8 Å². The number of alkyl halides is 3. The smallest absolute Gasteiger partial charge is 0.245 e. The molecule has 24 heavy (non-hydrogen) atoms. The second-order valence-corrected chi connectivity index (χ2v) is 4.78. The molecule has 0 unspecified atom stereocenters. The SMILES string of the molecule is CC1=NNC(=O)N(NC(=O)N/N=C/c2cccc(C(F)(F)F)c2)C1. The van der Waals surface area contributed by atoms with Crippen molar-refractivity contribution in [2.45, 2.75) is 13.1 Å². The van der Waals surface area contributed by atoms with Gasteiger partial charge in [0.15, 0.2) is 0 Å². The van der Waals surface area contributed by atoms with Crippen molar-refractivity contribution in [3.63, 3.8) is 0 Å². The molecule has 1 aliphatic rings. The van der Waals surface area contributed by atoms with Crippen molar-refractivity contribution in [3.8, 4) is 0 Å². The quantitative estimate of drug-likeness (QED) is 0.575. The third-order valence-corrected chi connectivity index (χ3v) is 2.80. The number of hydrogen-bond acceptors (Lipinski definition) is 4. The molecule has 3 N–H and O–H groups in total. The average molecular weight is 342 g/mol. The van der Waals surface area contributed by atoms with Crippen LogP contribution in [0.15, 0.2) is 34.5 Å². The monoisotopic (exact) mass is 342 g/mol. The number of nitrogens with one attached hydrogen (secondary N) is 3. The van der Waals surface area contributed by atoms with Crippen molar-refractivity contribution in [1.82, 2.24) is 21.3 Å². The van der Waals surface area contributed by atoms with Gasteiger partial charge in [-0.05, 0) is 24.6 Å². The van der Waals surface area contributed by atoms with Gasteiger partial charge in [0.25, 0.3) is 0 Å². The molecule has 1 aliphatic heterocycles. The van der Waals surface area contributed by atoms with E-state index in [0.29, 0.717) is 5.71 Å². The number of nitrogens with zero attached hydrogens (tertiary/aromatic N) is 3. The Labute approximate surface area is 134 Å². The summed E-state index contributed by atoms with van der Waals surface area (Å²) in [7, 11) is 0. The van der Waals surface area contributed by atoms with Crippen LogP contribution in [0.25, 0.3) is 0 Å². The second-order valence-electron chi connectivity index (χ2n) is 4.78. The number of urea groups is 2. The molecule has 1 aromatic carbocycles. The zero-order chi connectivity index (χ0) is 17.7. The first-order valence-electron chi connectivity index (χ1n) is 6.63. The number of hydrazine groups is 1. The van der Waals surface area contributed by atoms with Crippen molar-refractivity contribution < 1.29 is 22.8 Å². The molecule has 0 spiro atoms. The molecule has 0 atom stereocenters. The van der Waals surface area contributed by atoms with Crippen LogP contribution < -0.4 is 16.3 Å². The molecule has 4 amide bonds. The maximum absolute atomic E-state index is 12.6. The fourth-order valence-corrected chi connectivity index (χ4v) is 1.74. The Kier molecular flexibility index (Phi) is 5.02. The molecule has 0 saturated carbocycles. The molecule has 0 fully saturated rings. The molecule has 0 radical (unpaired) electrons. The molecular formula is C13H13F3N6O2. The summed E-state index contributed by atoms with van der Waals surface area (Å²) >= 11 is 0. The molecule has 1 heterocycles. The van der Waals surface area contributed by atoms with Crippen molar-refractivity contribution >= 4 is 24.0 Å². The molecule has 8 nitrogen and oxygen atoms in total. The maximum Gasteiger partial charge on any atom is 0.416 e. The minimum atomic E-state index is -4.46. The van der Waals surface area contributed by atoms with Gasteiger partial charge in [0, 0.05) is 0 Å². The van der Waals surface area contributed by atoms with Gasteiger partial charge in [0.2, 0.25) is 0 Å². The zero-order valence-corrected chi connectivity index (χ0v) is 12.4. The van der Waals surface area contributed by atoms with E-state index in [2.05, 4.69) is 21.1 Å². The largest absolute Gasteiger partial charge is 0.416 e. The number of halogens is 3. The maximum atomic E-state index is 12.6. The van der Waals surface area contributed by atoms with Crippen LogP contribution in [0, 0.1) is 0 Å². The highest BCUT2D eigenvalue weighted by atomic mass is 19.4. The zero-order valence-electron chi connectivity index (χ0n) is 12.4. The Morgan fingerprint density at radius 3 is 2.92 bits per heavy atom. The standard InChI is InChI=1S/C13H13F3N6O2/c1-8-7-22(12(24)20-18-8)21-11(23)19-17-6-9-3-2-4-10(5-9)13(14,15)16/h2-6H,7H2,1H3,(H,20,24)(H2,19,21,23)/b17-6+. The van der Waals surface area contributed by atoms with E-state index in [1.807, 2.05) is 5.43 Å². The number of benzene rings is 1. The Morgan fingerprint density at radius 1 is 1.46 bits per heavy atom. The predicted octanol–water partition coefficient (Wildman–Crippen LogP) is 1.65. The summed E-state index contributed by atoms with van der Waals surface area (Å²) < 4.78 is 37.7. The highest BCUT2D eigenvalue weighted by Gasteiger charge is 2.30. The second kappa shape index (κ2) is 6.98. The fourth-order valence-electron chi connectivity index (χ4n) is 1.74. The first-order chi connectivity index (χ1) is 11.3. The lowest BCUT2D eigenvalue weighted by Gasteiger charge is -2.25. The van der Waals surface area contributed by atoms with Crippen molar-refractivity contribution in [2.24, 2.45) is 10.2 Å². The van der Waals surface area contributed by atoms with Gasteiger partial charge < -0.3 is 0 Å². The van der Waals surface area contributed by atoms with Gasteiger partial charge in [-0.3, -0.25) is 0 Å². The lowest BCUT2D eigenvalue weighted by molar-refractivity contribution is -0.137. The van der Waals surface area contributed by atoms with Crippen LogP contribution in [0.1, 0.15) is 18.1 Å². The molecular weight excluding hydrogens is 329 g/mol. The van der Waals surface area contributed by atoms with E-state index < -0.39 is 23.8 Å². The average Bonchev–Trinajstić information content (AvgIpc) is 2.50. The topological polar surface area (TPSA) is 98.2 Å². The van der Waals surface area contributed by atoms with Crippen molar-refractivity contribution in [2.75, 3.05) is 6.54 Å². The summed E-state index contributed by atoms with van der Waals surface area (Å²) in [5.74, 6) is 0. The summed E-state index contributed by atoms with van der Waals surface area (Å²) in [5, 5.41) is 8.18. The van der Waals surface area contributed by atoms with E-state index in [1.54, 1.807) is 6.92 Å². The molecule has 1 aromatic rings. The van der Waals surface area contributed by atoms with E-state index in [4.69, 9.17) is 0 Å². The third kappa shape index (κ3) is 4.69. The molecule has 0 aliphatic carbocycles. The van der Waals surface area contributed by atoms with E-state index in [1.165, 1.54) is 12.1 Å². The predicted molar refractivity (Wildman–Crippen MR) is 79.1 cm³/mol. The molecule has 2 rings (SSSR count). The highest BCUT2D eigenvalue weighted by molar-refractivity contribution is 5.92. The van der Waals surface area contributed by atoms with Crippen LogP contribution in [-0.4, -0.2) is 35.5 Å². The number of rotatable bonds is 3. The fraction of sp³-hybridized carbons (Fsp3) is 0.231. The summed E-state index contributed by atoms with van der Waals surface area (Å²) in [6.07, 6.45) is -3.41. The van der Waals surface area contributed by atoms with Crippen LogP contribution in [-0.2, 0) is 6.18 Å². The minimum absolute atomic E-state index is 0.0938. The first-order valence-corrected chi connectivity index (χ1v) is 6.63. The lowest BCUT2D eigenvalue weighted by atomic mass is 10.1. The molecule has 128 valence electrons. The van der Waals surface area contributed by atoms with E-state index in [9.17, 15) is 22.8 Å². The van der Waals surface area contributed by atoms with E-state index >= 15 is 0 Å². The van der Waals surface area contributed by atoms with Crippen molar-refractivity contribution in [1.29, 1.82) is 0 Å². The van der Waals surface area contributed by atoms with Crippen LogP contribution >= 0.6 is 0 Å². The van der Waals surface area contributed by atoms with Crippen LogP contribution in [0.2, 0.25) is 0 Å². The number of amides is 4. The Balaban J connectivity index is 1.91. The van der Waals surface area contributed by atoms with E-state index in [0.717, 1.165) is 23.4 Å². The Hall–Kier alpha value is -3.11. The summed E-state index contributed by atoms with van der Waals surface area (Å²) in [5.41, 5.74) is 6.35. The first kappa shape index (κ1) is 17.2. The Bertz CT molecular complexity index is 701. The van der Waals surface area contributed by atoms with Gasteiger partial charge in [0.05, 0.1) is 24.0 Å². The molecule has 0 aromatic heterocycles. The van der Waals surface area contributed by atoms with Gasteiger partial charge in [-0.15, -0.1) is 0 Å². The van der Waals surface area contributed by atoms with Crippen LogP contribution in [0.3, 0.4) is 0 Å². The van der Waals surface area contributed by atoms with Gasteiger partial charge >= 0.3 is 18.2 Å². The summed E-state index contributed by atoms with van der Waals surface area (Å²) in [6.45, 7) is 1.74. The summed E-state index contributed by atoms with van der Waals surface area (Å²) in [4.78, 5) is 23.0. The van der Waals surface area contributed by atoms with Crippen LogP contribution in [0.5, 0.6) is 0 Å². The lowest BCUT2D eigenvalue weighted by Crippen LogP contribution is -2.55. The van der Waals surface area contributed by atoms with Gasteiger partial charge in [-0.1, -0.05) is 12.1 Å². The molecule has 11 heteroatoms. The normalized spacial score (nSPS) is 15.1. The molecule has 0 bridgehead atoms. The molecule has 0 saturated heterocycles. The third-order valence-electron chi connectivity index (χ3n) is 2.80. The number of hydrazone groups is 2. The minimum Gasteiger partial charge on any atom is -0.245 e. The number of carbonyl (C=O) groups excluding carboxylic acids is 2. The number of carbonyl (C=O) groups is 2. The Morgan fingerprint density at radius 2 is 2.21 bits per heavy atom. The number of hydrogen-bond donors (Lipinski definition) is 3. The highest BCUT2D eigenvalue weighted by Crippen LogP contribution is 2.29. The van der Waals surface area contributed by atoms with Gasteiger partial charge in [0.1, 0.15) is 0 Å². The van der Waals surface area contributed by atoms with Crippen molar-refractivity contribution in [3.05, 3.63) is 35.4 Å².